The van der Waals surface area contributed by atoms with Crippen LogP contribution in [0.15, 0.2) is 40.9 Å². The van der Waals surface area contributed by atoms with E-state index in [-0.39, 0.29) is 5.75 Å². The number of methoxy groups -OCH3 is 3. The number of halogens is 1. The third kappa shape index (κ3) is 3.33. The third-order valence-electron chi connectivity index (χ3n) is 2.97. The lowest BCUT2D eigenvalue weighted by molar-refractivity contribution is 0.0723. The van der Waals surface area contributed by atoms with Crippen LogP contribution >= 0.6 is 15.9 Å². The first kappa shape index (κ1) is 16.2. The maximum absolute atomic E-state index is 12.4. The molecule has 0 heterocycles. The number of hydrogen-bond donors (Lipinski definition) is 0. The van der Waals surface area contributed by atoms with E-state index in [1.807, 2.05) is 0 Å². The molecule has 0 fully saturated rings. The van der Waals surface area contributed by atoms with Gasteiger partial charge in [0.1, 0.15) is 5.75 Å². The van der Waals surface area contributed by atoms with Crippen molar-refractivity contribution in [3.8, 4) is 23.0 Å². The molecule has 116 valence electrons. The lowest BCUT2D eigenvalue weighted by Gasteiger charge is -2.13. The Morgan fingerprint density at radius 2 is 1.59 bits per heavy atom. The smallest absolute Gasteiger partial charge is 0.345 e. The second kappa shape index (κ2) is 7.17. The summed E-state index contributed by atoms with van der Waals surface area (Å²) in [7, 11) is 4.52. The van der Waals surface area contributed by atoms with E-state index in [0.717, 1.165) is 0 Å². The van der Waals surface area contributed by atoms with Crippen molar-refractivity contribution in [2.75, 3.05) is 21.3 Å². The van der Waals surface area contributed by atoms with Gasteiger partial charge in [-0.1, -0.05) is 6.07 Å². The van der Waals surface area contributed by atoms with Gasteiger partial charge in [0.2, 0.25) is 5.75 Å². The average molecular weight is 367 g/mol. The van der Waals surface area contributed by atoms with Gasteiger partial charge in [-0.3, -0.25) is 0 Å². The summed E-state index contributed by atoms with van der Waals surface area (Å²) in [4.78, 5) is 12.4. The highest BCUT2D eigenvalue weighted by Crippen LogP contribution is 2.37. The molecule has 0 aliphatic heterocycles. The van der Waals surface area contributed by atoms with Gasteiger partial charge in [-0.25, -0.2) is 4.79 Å². The Balaban J connectivity index is 2.37. The SMILES string of the molecule is COc1ccc(Br)c(C(=O)Oc2c(OC)cccc2OC)c1. The molecule has 6 heteroatoms. The third-order valence-corrected chi connectivity index (χ3v) is 3.66. The van der Waals surface area contributed by atoms with Crippen molar-refractivity contribution < 1.29 is 23.7 Å². The van der Waals surface area contributed by atoms with E-state index in [1.54, 1.807) is 36.4 Å². The minimum absolute atomic E-state index is 0.229. The molecule has 2 aromatic rings. The van der Waals surface area contributed by atoms with Crippen molar-refractivity contribution in [3.63, 3.8) is 0 Å². The van der Waals surface area contributed by atoms with Gasteiger partial charge in [-0.15, -0.1) is 0 Å². The molecule has 0 N–H and O–H groups in total. The largest absolute Gasteiger partial charge is 0.497 e. The first-order valence-corrected chi connectivity index (χ1v) is 7.16. The Morgan fingerprint density at radius 1 is 0.955 bits per heavy atom. The summed E-state index contributed by atoms with van der Waals surface area (Å²) in [5.41, 5.74) is 0.340. The summed E-state index contributed by atoms with van der Waals surface area (Å²) >= 11 is 3.33. The Labute approximate surface area is 136 Å². The van der Waals surface area contributed by atoms with Crippen LogP contribution in [-0.2, 0) is 0 Å². The minimum Gasteiger partial charge on any atom is -0.497 e. The van der Waals surface area contributed by atoms with Crippen LogP contribution < -0.4 is 18.9 Å². The summed E-state index contributed by atoms with van der Waals surface area (Å²) in [6.07, 6.45) is 0. The number of carbonyl (C=O) groups is 1. The monoisotopic (exact) mass is 366 g/mol. The van der Waals surface area contributed by atoms with Crippen LogP contribution in [0.3, 0.4) is 0 Å². The molecule has 0 aromatic heterocycles. The predicted octanol–water partition coefficient (Wildman–Crippen LogP) is 3.69. The molecule has 5 nitrogen and oxygen atoms in total. The molecular weight excluding hydrogens is 352 g/mol. The summed E-state index contributed by atoms with van der Waals surface area (Å²) in [6, 6.07) is 10.2. The number of para-hydroxylation sites is 1. The van der Waals surface area contributed by atoms with Crippen molar-refractivity contribution in [2.24, 2.45) is 0 Å². The van der Waals surface area contributed by atoms with Crippen molar-refractivity contribution in [2.45, 2.75) is 0 Å². The van der Waals surface area contributed by atoms with E-state index >= 15 is 0 Å². The van der Waals surface area contributed by atoms with Crippen LogP contribution in [0.25, 0.3) is 0 Å². The highest BCUT2D eigenvalue weighted by Gasteiger charge is 2.19. The maximum Gasteiger partial charge on any atom is 0.345 e. The molecule has 2 aromatic carbocycles. The zero-order valence-electron chi connectivity index (χ0n) is 12.4. The highest BCUT2D eigenvalue weighted by atomic mass is 79.9. The fourth-order valence-corrected chi connectivity index (χ4v) is 2.26. The molecule has 0 atom stereocenters. The predicted molar refractivity (Wildman–Crippen MR) is 85.2 cm³/mol. The summed E-state index contributed by atoms with van der Waals surface area (Å²) in [5, 5.41) is 0. The quantitative estimate of drug-likeness (QED) is 0.596. The van der Waals surface area contributed by atoms with E-state index in [2.05, 4.69) is 15.9 Å². The van der Waals surface area contributed by atoms with Gasteiger partial charge in [0.25, 0.3) is 0 Å². The van der Waals surface area contributed by atoms with Crippen molar-refractivity contribution in [3.05, 3.63) is 46.4 Å². The van der Waals surface area contributed by atoms with Gasteiger partial charge < -0.3 is 18.9 Å². The molecular formula is C16H15BrO5. The Bertz CT molecular complexity index is 662. The van der Waals surface area contributed by atoms with Gasteiger partial charge in [-0.2, -0.15) is 0 Å². The van der Waals surface area contributed by atoms with E-state index < -0.39 is 5.97 Å². The Kier molecular flexibility index (Phi) is 5.27. The second-order valence-electron chi connectivity index (χ2n) is 4.23. The van der Waals surface area contributed by atoms with Crippen molar-refractivity contribution >= 4 is 21.9 Å². The lowest BCUT2D eigenvalue weighted by Crippen LogP contribution is -2.11. The normalized spacial score (nSPS) is 10.0. The fourth-order valence-electron chi connectivity index (χ4n) is 1.85. The molecule has 22 heavy (non-hydrogen) atoms. The van der Waals surface area contributed by atoms with Crippen LogP contribution in [0, 0.1) is 0 Å². The van der Waals surface area contributed by atoms with E-state index in [4.69, 9.17) is 18.9 Å². The average Bonchev–Trinajstić information content (AvgIpc) is 2.55. The van der Waals surface area contributed by atoms with Crippen molar-refractivity contribution in [1.29, 1.82) is 0 Å². The number of benzene rings is 2. The first-order valence-electron chi connectivity index (χ1n) is 6.37. The Morgan fingerprint density at radius 3 is 2.14 bits per heavy atom. The van der Waals surface area contributed by atoms with Gasteiger partial charge in [0.05, 0.1) is 26.9 Å². The zero-order chi connectivity index (χ0) is 16.1. The molecule has 0 aliphatic rings. The summed E-state index contributed by atoms with van der Waals surface area (Å²) in [6.45, 7) is 0. The van der Waals surface area contributed by atoms with Crippen molar-refractivity contribution in [1.82, 2.24) is 0 Å². The van der Waals surface area contributed by atoms with Gasteiger partial charge in [-0.05, 0) is 46.3 Å². The Hall–Kier alpha value is -2.21. The standard InChI is InChI=1S/C16H15BrO5/c1-19-10-7-8-12(17)11(9-10)16(18)22-15-13(20-2)5-4-6-14(15)21-3/h4-9H,1-3H3. The molecule has 0 saturated carbocycles. The highest BCUT2D eigenvalue weighted by molar-refractivity contribution is 9.10. The minimum atomic E-state index is -0.548. The maximum atomic E-state index is 12.4. The number of hydrogen-bond acceptors (Lipinski definition) is 5. The van der Waals surface area contributed by atoms with Gasteiger partial charge in [0.15, 0.2) is 11.5 Å². The molecule has 0 amide bonds. The van der Waals surface area contributed by atoms with E-state index in [9.17, 15) is 4.79 Å². The number of esters is 1. The van der Waals surface area contributed by atoms with Crippen LogP contribution in [0.4, 0.5) is 0 Å². The number of rotatable bonds is 5. The zero-order valence-corrected chi connectivity index (χ0v) is 14.0. The fraction of sp³-hybridized carbons (Fsp3) is 0.188. The van der Waals surface area contributed by atoms with Crippen LogP contribution in [-0.4, -0.2) is 27.3 Å². The molecule has 0 bridgehead atoms. The molecule has 0 aliphatic carbocycles. The molecule has 0 unspecified atom stereocenters. The van der Waals surface area contributed by atoms with E-state index in [0.29, 0.717) is 27.3 Å². The molecule has 0 saturated heterocycles. The summed E-state index contributed by atoms with van der Waals surface area (Å²) in [5.74, 6) is 1.06. The molecule has 2 rings (SSSR count). The number of carbonyl (C=O) groups excluding carboxylic acids is 1. The van der Waals surface area contributed by atoms with Crippen LogP contribution in [0.1, 0.15) is 10.4 Å². The van der Waals surface area contributed by atoms with Crippen LogP contribution in [0.2, 0.25) is 0 Å². The van der Waals surface area contributed by atoms with Crippen LogP contribution in [0.5, 0.6) is 23.0 Å². The molecule has 0 radical (unpaired) electrons. The van der Waals surface area contributed by atoms with Gasteiger partial charge >= 0.3 is 5.97 Å². The van der Waals surface area contributed by atoms with Gasteiger partial charge in [0, 0.05) is 4.47 Å². The summed E-state index contributed by atoms with van der Waals surface area (Å²) < 4.78 is 21.6. The topological polar surface area (TPSA) is 54.0 Å². The first-order chi connectivity index (χ1) is 10.6. The van der Waals surface area contributed by atoms with E-state index in [1.165, 1.54) is 21.3 Å². The number of ether oxygens (including phenoxy) is 4. The lowest BCUT2D eigenvalue weighted by atomic mass is 10.2. The molecule has 0 spiro atoms. The second-order valence-corrected chi connectivity index (χ2v) is 5.08.